The largest absolute Gasteiger partial charge is 0.486 e. The average Bonchev–Trinajstić information content (AvgIpc) is 3.94. The van der Waals surface area contributed by atoms with Crippen molar-refractivity contribution in [1.82, 2.24) is 19.5 Å². The first-order chi connectivity index (χ1) is 34.1. The zero-order valence-electron chi connectivity index (χ0n) is 42.8. The van der Waals surface area contributed by atoms with Crippen LogP contribution in [0.4, 0.5) is 0 Å². The van der Waals surface area contributed by atoms with Crippen molar-refractivity contribution in [3.8, 4) is 45.5 Å². The molecule has 4 heterocycles. The summed E-state index contributed by atoms with van der Waals surface area (Å²) in [5.74, 6) is 1.18. The van der Waals surface area contributed by atoms with Gasteiger partial charge in [0, 0.05) is 42.8 Å². The van der Waals surface area contributed by atoms with Gasteiger partial charge in [0.1, 0.15) is 11.8 Å². The van der Waals surface area contributed by atoms with Gasteiger partial charge >= 0.3 is 0 Å². The molecule has 0 aliphatic rings. The number of nitrogens with zero attached hydrogens (tertiary/aromatic N) is 5. The normalized spacial score (nSPS) is 11.9. The van der Waals surface area contributed by atoms with Crippen molar-refractivity contribution in [3.05, 3.63) is 186 Å². The van der Waals surface area contributed by atoms with E-state index in [2.05, 4.69) is 205 Å². The summed E-state index contributed by atoms with van der Waals surface area (Å²) >= 11 is 0. The third-order valence-corrected chi connectivity index (χ3v) is 15.5. The van der Waals surface area contributed by atoms with Crippen molar-refractivity contribution in [2.24, 2.45) is 5.41 Å². The molecule has 6 nitrogen and oxygen atoms in total. The Morgan fingerprint density at radius 1 is 0.681 bits per heavy atom. The van der Waals surface area contributed by atoms with Gasteiger partial charge in [-0.3, -0.25) is 4.98 Å². The number of hydrogen-bond donors (Lipinski definition) is 0. The van der Waals surface area contributed by atoms with Crippen molar-refractivity contribution >= 4 is 67.9 Å². The summed E-state index contributed by atoms with van der Waals surface area (Å²) in [7, 11) is -1.37. The van der Waals surface area contributed by atoms with Crippen LogP contribution in [0.15, 0.2) is 156 Å². The maximum atomic E-state index is 9.54. The predicted octanol–water partition coefficient (Wildman–Crippen LogP) is 16.6. The standard InChI is InChI=1S/C45H33N4O.C19H26NSi.Ir/c1-26(2)38-23-32(31-17-16-28-10-5-6-12-30(28)22-31)24-39(27(3)4)41(38)49-42-34-13-8-7-11-29(34)18-21-40(42)48-44(49)37-15-9-14-35-36-20-19-33(25-46)47-45(36)50-43(35)37;1-19(2,3)13-16-12-17(15-10-8-7-9-11-15)20-14-18(16)21(4,5)6;/h5-14,16-24,26-27H,1-4H3;7-10,12,14H,13H2,1-6H3;/q2*-1;. The van der Waals surface area contributed by atoms with Gasteiger partial charge in [-0.15, -0.1) is 54.1 Å². The molecule has 11 rings (SSSR count). The molecule has 72 heavy (non-hydrogen) atoms. The molecule has 8 heteroatoms. The topological polar surface area (TPSA) is 80.5 Å². The van der Waals surface area contributed by atoms with Crippen molar-refractivity contribution in [1.29, 1.82) is 5.26 Å². The number of fused-ring (bicyclic) bond motifs is 7. The second kappa shape index (κ2) is 19.9. The van der Waals surface area contributed by atoms with Gasteiger partial charge < -0.3 is 14.0 Å². The van der Waals surface area contributed by atoms with Gasteiger partial charge in [0.2, 0.25) is 5.71 Å². The molecule has 361 valence electrons. The second-order valence-corrected chi connectivity index (χ2v) is 26.7. The van der Waals surface area contributed by atoms with Crippen LogP contribution in [0.3, 0.4) is 0 Å². The van der Waals surface area contributed by atoms with Gasteiger partial charge in [-0.2, -0.15) is 5.26 Å². The molecule has 0 aliphatic carbocycles. The van der Waals surface area contributed by atoms with Crippen LogP contribution < -0.4 is 5.19 Å². The summed E-state index contributed by atoms with van der Waals surface area (Å²) in [6.07, 6.45) is 3.21. The molecular weight excluding hydrogens is 1080 g/mol. The second-order valence-electron chi connectivity index (χ2n) is 21.6. The number of pyridine rings is 2. The molecule has 7 aromatic carbocycles. The summed E-state index contributed by atoms with van der Waals surface area (Å²) in [5.41, 5.74) is 14.0. The number of aromatic nitrogens is 4. The molecule has 11 aromatic rings. The van der Waals surface area contributed by atoms with Crippen LogP contribution in [-0.4, -0.2) is 27.6 Å². The first kappa shape index (κ1) is 49.9. The van der Waals surface area contributed by atoms with Crippen molar-refractivity contribution in [3.63, 3.8) is 0 Å². The molecule has 0 aliphatic heterocycles. The van der Waals surface area contributed by atoms with Gasteiger partial charge in [0.25, 0.3) is 0 Å². The van der Waals surface area contributed by atoms with Crippen molar-refractivity contribution < 1.29 is 24.5 Å². The van der Waals surface area contributed by atoms with E-state index in [-0.39, 0.29) is 37.4 Å². The van der Waals surface area contributed by atoms with Gasteiger partial charge in [-0.25, -0.2) is 4.98 Å². The summed E-state index contributed by atoms with van der Waals surface area (Å²) in [4.78, 5) is 14.6. The zero-order valence-corrected chi connectivity index (χ0v) is 46.2. The molecule has 0 fully saturated rings. The summed E-state index contributed by atoms with van der Waals surface area (Å²) in [5, 5.41) is 17.5. The zero-order chi connectivity index (χ0) is 49.8. The number of imidazole rings is 1. The minimum Gasteiger partial charge on any atom is -0.486 e. The van der Waals surface area contributed by atoms with Gasteiger partial charge in [0.15, 0.2) is 0 Å². The smallest absolute Gasteiger partial charge is 0.217 e. The SMILES string of the molecule is CC(C)(C)Cc1cc(-c2[c-]cccc2)ncc1[Si](C)(C)C.CC(C)c1cc(-c2ccc3ccccc3c2)cc(C(C)C)c1-n1c(-c2[c-]ccc3c2oc2nc(C#N)ccc23)nc2ccc3ccccc3c21.[Ir]. The number of rotatable bonds is 8. The number of nitriles is 1. The molecule has 0 amide bonds. The fourth-order valence-electron chi connectivity index (χ4n) is 10.0. The Bertz CT molecular complexity index is 3820. The van der Waals surface area contributed by atoms with Crippen LogP contribution in [0.5, 0.6) is 0 Å². The maximum Gasteiger partial charge on any atom is 0.217 e. The molecule has 0 unspecified atom stereocenters. The Labute approximate surface area is 438 Å². The molecule has 4 aromatic heterocycles. The fourth-order valence-corrected chi connectivity index (χ4v) is 11.6. The average molecular weight is 1130 g/mol. The number of benzene rings is 7. The van der Waals surface area contributed by atoms with E-state index < -0.39 is 8.07 Å². The van der Waals surface area contributed by atoms with E-state index in [1.807, 2.05) is 36.4 Å². The van der Waals surface area contributed by atoms with Crippen LogP contribution in [0.2, 0.25) is 19.6 Å². The molecule has 0 saturated carbocycles. The van der Waals surface area contributed by atoms with Crippen LogP contribution in [0.1, 0.15) is 82.7 Å². The molecule has 1 radical (unpaired) electrons. The van der Waals surface area contributed by atoms with E-state index in [1.165, 1.54) is 43.8 Å². The molecule has 0 atom stereocenters. The van der Waals surface area contributed by atoms with Gasteiger partial charge in [-0.1, -0.05) is 157 Å². The monoisotopic (exact) mass is 1130 g/mol. The van der Waals surface area contributed by atoms with Crippen molar-refractivity contribution in [2.75, 3.05) is 0 Å². The van der Waals surface area contributed by atoms with Crippen LogP contribution in [-0.2, 0) is 26.5 Å². The Morgan fingerprint density at radius 2 is 1.38 bits per heavy atom. The fraction of sp³-hybridized carbons (Fsp3) is 0.219. The van der Waals surface area contributed by atoms with Crippen LogP contribution in [0, 0.1) is 28.9 Å². The quantitative estimate of drug-likeness (QED) is 0.112. The summed E-state index contributed by atoms with van der Waals surface area (Å²) in [6.45, 7) is 23.2. The Morgan fingerprint density at radius 3 is 2.06 bits per heavy atom. The Balaban J connectivity index is 0.000000245. The minimum absolute atomic E-state index is 0. The van der Waals surface area contributed by atoms with Crippen LogP contribution >= 0.6 is 0 Å². The molecule has 0 N–H and O–H groups in total. The van der Waals surface area contributed by atoms with E-state index >= 15 is 0 Å². The predicted molar refractivity (Wildman–Crippen MR) is 298 cm³/mol. The van der Waals surface area contributed by atoms with E-state index in [9.17, 15) is 5.26 Å². The number of hydrogen-bond acceptors (Lipinski definition) is 5. The molecular formula is C64H59IrN5OSi-2. The Hall–Kier alpha value is -7.01. The van der Waals surface area contributed by atoms with Crippen LogP contribution in [0.25, 0.3) is 94.1 Å². The minimum atomic E-state index is -1.37. The Kier molecular flexibility index (Phi) is 13.8. The first-order valence-corrected chi connectivity index (χ1v) is 28.2. The molecule has 0 spiro atoms. The van der Waals surface area contributed by atoms with E-state index in [1.54, 1.807) is 6.07 Å². The van der Waals surface area contributed by atoms with E-state index in [4.69, 9.17) is 14.4 Å². The van der Waals surface area contributed by atoms with Gasteiger partial charge in [-0.05, 0) is 109 Å². The third-order valence-electron chi connectivity index (χ3n) is 13.4. The third kappa shape index (κ3) is 9.70. The summed E-state index contributed by atoms with van der Waals surface area (Å²) < 4.78 is 8.84. The van der Waals surface area contributed by atoms with Gasteiger partial charge in [0.05, 0.1) is 30.5 Å². The first-order valence-electron chi connectivity index (χ1n) is 24.7. The van der Waals surface area contributed by atoms with E-state index in [0.29, 0.717) is 17.0 Å². The number of furan rings is 1. The molecule has 0 saturated heterocycles. The van der Waals surface area contributed by atoms with E-state index in [0.717, 1.165) is 67.3 Å². The summed E-state index contributed by atoms with van der Waals surface area (Å²) in [6, 6.07) is 59.7. The van der Waals surface area contributed by atoms with Crippen molar-refractivity contribution in [2.45, 2.75) is 86.4 Å². The molecule has 0 bridgehead atoms. The maximum absolute atomic E-state index is 9.54.